The lowest BCUT2D eigenvalue weighted by Gasteiger charge is -2.38. The molecule has 1 amide bonds. The summed E-state index contributed by atoms with van der Waals surface area (Å²) < 4.78 is 5.30. The van der Waals surface area contributed by atoms with Crippen LogP contribution in [-0.2, 0) is 9.53 Å². The van der Waals surface area contributed by atoms with Gasteiger partial charge in [0.2, 0.25) is 5.91 Å². The average Bonchev–Trinajstić information content (AvgIpc) is 3.30. The van der Waals surface area contributed by atoms with Crippen LogP contribution in [0.4, 0.5) is 5.69 Å². The third-order valence-electron chi connectivity index (χ3n) is 4.68. The molecule has 4 heteroatoms. The van der Waals surface area contributed by atoms with Crippen LogP contribution in [-0.4, -0.2) is 29.8 Å². The van der Waals surface area contributed by atoms with Gasteiger partial charge in [-0.15, -0.1) is 6.42 Å². The topological polar surface area (TPSA) is 58.6 Å². The van der Waals surface area contributed by atoms with Gasteiger partial charge < -0.3 is 15.2 Å². The van der Waals surface area contributed by atoms with Gasteiger partial charge in [0.15, 0.2) is 0 Å². The normalized spacial score (nSPS) is 22.1. The van der Waals surface area contributed by atoms with Crippen LogP contribution in [0.3, 0.4) is 0 Å². The highest BCUT2D eigenvalue weighted by Crippen LogP contribution is 2.58. The maximum atomic E-state index is 12.6. The minimum absolute atomic E-state index is 0.110. The first kappa shape index (κ1) is 14.1. The third kappa shape index (κ3) is 2.44. The summed E-state index contributed by atoms with van der Waals surface area (Å²) in [6, 6.07) is 7.20. The molecule has 0 unspecified atom stereocenters. The second kappa shape index (κ2) is 5.18. The highest BCUT2D eigenvalue weighted by atomic mass is 16.5. The van der Waals surface area contributed by atoms with E-state index in [2.05, 4.69) is 11.2 Å². The Labute approximate surface area is 124 Å². The van der Waals surface area contributed by atoms with E-state index in [1.807, 2.05) is 18.2 Å². The Kier molecular flexibility index (Phi) is 3.48. The lowest BCUT2D eigenvalue weighted by atomic mass is 9.77. The van der Waals surface area contributed by atoms with E-state index in [1.54, 1.807) is 6.07 Å². The van der Waals surface area contributed by atoms with Crippen molar-refractivity contribution in [3.8, 4) is 12.3 Å². The predicted octanol–water partition coefficient (Wildman–Crippen LogP) is 1.93. The molecule has 1 saturated heterocycles. The second-order valence-electron chi connectivity index (χ2n) is 5.91. The Hall–Kier alpha value is -1.83. The lowest BCUT2D eigenvalue weighted by Crippen LogP contribution is -2.50. The van der Waals surface area contributed by atoms with E-state index in [0.29, 0.717) is 31.7 Å². The smallest absolute Gasteiger partial charge is 0.233 e. The number of carbonyl (C=O) groups excluding carboxylic acids is 1. The van der Waals surface area contributed by atoms with Gasteiger partial charge in [-0.3, -0.25) is 4.79 Å². The molecule has 0 atom stereocenters. The summed E-state index contributed by atoms with van der Waals surface area (Å²) in [4.78, 5) is 12.6. The molecule has 1 heterocycles. The van der Waals surface area contributed by atoms with Gasteiger partial charge in [0.1, 0.15) is 0 Å². The molecule has 4 nitrogen and oxygen atoms in total. The Balaban J connectivity index is 1.77. The molecule has 1 aliphatic carbocycles. The van der Waals surface area contributed by atoms with Crippen LogP contribution in [0, 0.1) is 17.8 Å². The molecule has 3 rings (SSSR count). The average molecular weight is 285 g/mol. The largest absolute Gasteiger partial charge is 0.389 e. The van der Waals surface area contributed by atoms with E-state index in [0.717, 1.165) is 18.4 Å². The molecular formula is C17H19NO3. The first-order valence-electron chi connectivity index (χ1n) is 7.28. The van der Waals surface area contributed by atoms with Gasteiger partial charge >= 0.3 is 0 Å². The second-order valence-corrected chi connectivity index (χ2v) is 5.91. The maximum absolute atomic E-state index is 12.6. The Morgan fingerprint density at radius 3 is 2.62 bits per heavy atom. The van der Waals surface area contributed by atoms with Gasteiger partial charge in [0.05, 0.1) is 11.0 Å². The van der Waals surface area contributed by atoms with Gasteiger partial charge in [0, 0.05) is 37.3 Å². The van der Waals surface area contributed by atoms with Crippen molar-refractivity contribution in [3.05, 3.63) is 29.8 Å². The first-order valence-corrected chi connectivity index (χ1v) is 7.28. The molecule has 21 heavy (non-hydrogen) atoms. The number of hydrogen-bond donors (Lipinski definition) is 2. The molecule has 0 aromatic heterocycles. The standard InChI is InChI=1S/C17H19NO3/c1-2-13-4-3-5-14(12-13)18-15(19)16(6-7-16)17(20)8-10-21-11-9-17/h1,3-5,12,20H,6-11H2,(H,18,19). The van der Waals surface area contributed by atoms with Crippen LogP contribution >= 0.6 is 0 Å². The van der Waals surface area contributed by atoms with Crippen molar-refractivity contribution in [2.75, 3.05) is 18.5 Å². The van der Waals surface area contributed by atoms with Crippen molar-refractivity contribution in [1.29, 1.82) is 0 Å². The van der Waals surface area contributed by atoms with E-state index in [4.69, 9.17) is 11.2 Å². The fourth-order valence-electron chi connectivity index (χ4n) is 3.15. The number of terminal acetylenes is 1. The van der Waals surface area contributed by atoms with Crippen molar-refractivity contribution in [1.82, 2.24) is 0 Å². The number of anilines is 1. The molecule has 0 spiro atoms. The van der Waals surface area contributed by atoms with E-state index in [1.165, 1.54) is 0 Å². The molecular weight excluding hydrogens is 266 g/mol. The summed E-state index contributed by atoms with van der Waals surface area (Å²) >= 11 is 0. The monoisotopic (exact) mass is 285 g/mol. The quantitative estimate of drug-likeness (QED) is 0.834. The lowest BCUT2D eigenvalue weighted by molar-refractivity contribution is -0.144. The van der Waals surface area contributed by atoms with Crippen molar-refractivity contribution in [2.45, 2.75) is 31.3 Å². The number of aliphatic hydroxyl groups is 1. The van der Waals surface area contributed by atoms with Crippen LogP contribution in [0.15, 0.2) is 24.3 Å². The third-order valence-corrected chi connectivity index (χ3v) is 4.68. The van der Waals surface area contributed by atoms with Gasteiger partial charge in [-0.05, 0) is 31.0 Å². The number of rotatable bonds is 3. The number of hydrogen-bond acceptors (Lipinski definition) is 3. The number of nitrogens with one attached hydrogen (secondary N) is 1. The first-order chi connectivity index (χ1) is 10.1. The van der Waals surface area contributed by atoms with Crippen molar-refractivity contribution < 1.29 is 14.6 Å². The SMILES string of the molecule is C#Cc1cccc(NC(=O)C2(C3(O)CCOCC3)CC2)c1. The van der Waals surface area contributed by atoms with Crippen LogP contribution in [0.1, 0.15) is 31.2 Å². The molecule has 110 valence electrons. The zero-order chi connectivity index (χ0) is 14.9. The summed E-state index contributed by atoms with van der Waals surface area (Å²) in [6.07, 6.45) is 7.86. The highest BCUT2D eigenvalue weighted by Gasteiger charge is 2.63. The molecule has 2 N–H and O–H groups in total. The van der Waals surface area contributed by atoms with E-state index >= 15 is 0 Å². The van der Waals surface area contributed by atoms with Crippen LogP contribution in [0.25, 0.3) is 0 Å². The molecule has 2 fully saturated rings. The van der Waals surface area contributed by atoms with E-state index < -0.39 is 11.0 Å². The zero-order valence-electron chi connectivity index (χ0n) is 11.9. The van der Waals surface area contributed by atoms with Crippen molar-refractivity contribution >= 4 is 11.6 Å². The van der Waals surface area contributed by atoms with E-state index in [-0.39, 0.29) is 5.91 Å². The fourth-order valence-corrected chi connectivity index (χ4v) is 3.15. The van der Waals surface area contributed by atoms with Gasteiger partial charge in [0.25, 0.3) is 0 Å². The number of ether oxygens (including phenoxy) is 1. The molecule has 1 aromatic carbocycles. The summed E-state index contributed by atoms with van der Waals surface area (Å²) in [5.74, 6) is 2.44. The van der Waals surface area contributed by atoms with Crippen LogP contribution in [0.2, 0.25) is 0 Å². The summed E-state index contributed by atoms with van der Waals surface area (Å²) in [5.41, 5.74) is -0.207. The molecule has 0 bridgehead atoms. The van der Waals surface area contributed by atoms with Gasteiger partial charge in [-0.1, -0.05) is 12.0 Å². The van der Waals surface area contributed by atoms with Crippen LogP contribution in [0.5, 0.6) is 0 Å². The predicted molar refractivity (Wildman–Crippen MR) is 79.7 cm³/mol. The number of carbonyl (C=O) groups is 1. The summed E-state index contributed by atoms with van der Waals surface area (Å²) in [5, 5.41) is 13.7. The fraction of sp³-hybridized carbons (Fsp3) is 0.471. The molecule has 0 radical (unpaired) electrons. The summed E-state index contributed by atoms with van der Waals surface area (Å²) in [6.45, 7) is 1.02. The Morgan fingerprint density at radius 2 is 2.00 bits per heavy atom. The summed E-state index contributed by atoms with van der Waals surface area (Å²) in [7, 11) is 0. The highest BCUT2D eigenvalue weighted by molar-refractivity contribution is 5.98. The minimum atomic E-state index is -0.945. The van der Waals surface area contributed by atoms with Gasteiger partial charge in [-0.25, -0.2) is 0 Å². The minimum Gasteiger partial charge on any atom is -0.389 e. The Morgan fingerprint density at radius 1 is 1.29 bits per heavy atom. The zero-order valence-corrected chi connectivity index (χ0v) is 11.9. The van der Waals surface area contributed by atoms with Crippen molar-refractivity contribution in [2.24, 2.45) is 5.41 Å². The molecule has 2 aliphatic rings. The van der Waals surface area contributed by atoms with Crippen molar-refractivity contribution in [3.63, 3.8) is 0 Å². The number of benzene rings is 1. The van der Waals surface area contributed by atoms with Gasteiger partial charge in [-0.2, -0.15) is 0 Å². The molecule has 1 saturated carbocycles. The van der Waals surface area contributed by atoms with E-state index in [9.17, 15) is 9.90 Å². The molecule has 1 aliphatic heterocycles. The van der Waals surface area contributed by atoms with Crippen LogP contribution < -0.4 is 5.32 Å². The Bertz CT molecular complexity index is 592. The number of amides is 1. The maximum Gasteiger partial charge on any atom is 0.233 e. The molecule has 1 aromatic rings.